The molecule has 0 aliphatic heterocycles. The number of esters is 1. The van der Waals surface area contributed by atoms with Crippen LogP contribution in [-0.4, -0.2) is 12.6 Å². The fraction of sp³-hybridized carbons (Fsp3) is 0.941. The fourth-order valence-corrected chi connectivity index (χ4v) is 2.23. The van der Waals surface area contributed by atoms with Crippen LogP contribution in [0.3, 0.4) is 0 Å². The number of unbranched alkanes of at least 4 members (excludes halogenated alkanes) is 10. The molecular formula is C17H34O2. The summed E-state index contributed by atoms with van der Waals surface area (Å²) in [6, 6.07) is 0. The first kappa shape index (κ1) is 18.5. The topological polar surface area (TPSA) is 26.3 Å². The van der Waals surface area contributed by atoms with Gasteiger partial charge in [0.2, 0.25) is 0 Å². The molecule has 0 radical (unpaired) electrons. The van der Waals surface area contributed by atoms with E-state index in [1.54, 1.807) is 0 Å². The zero-order valence-corrected chi connectivity index (χ0v) is 13.2. The van der Waals surface area contributed by atoms with Gasteiger partial charge in [-0.2, -0.15) is 0 Å². The molecule has 0 bridgehead atoms. The van der Waals surface area contributed by atoms with Crippen molar-refractivity contribution in [3.05, 3.63) is 0 Å². The Hall–Kier alpha value is -0.530. The maximum atomic E-state index is 11.1. The molecule has 2 nitrogen and oxygen atoms in total. The van der Waals surface area contributed by atoms with Gasteiger partial charge in [-0.15, -0.1) is 0 Å². The highest BCUT2D eigenvalue weighted by Gasteiger charge is 1.99. The van der Waals surface area contributed by atoms with Crippen LogP contribution in [0.15, 0.2) is 0 Å². The van der Waals surface area contributed by atoms with E-state index in [-0.39, 0.29) is 5.97 Å². The van der Waals surface area contributed by atoms with Gasteiger partial charge in [0.25, 0.3) is 0 Å². The molecule has 114 valence electrons. The maximum Gasteiger partial charge on any atom is 0.305 e. The highest BCUT2D eigenvalue weighted by molar-refractivity contribution is 5.69. The van der Waals surface area contributed by atoms with Gasteiger partial charge in [0, 0.05) is 6.42 Å². The van der Waals surface area contributed by atoms with Crippen LogP contribution >= 0.6 is 0 Å². The van der Waals surface area contributed by atoms with Gasteiger partial charge in [-0.05, 0) is 12.8 Å². The van der Waals surface area contributed by atoms with E-state index in [2.05, 4.69) is 6.92 Å². The quantitative estimate of drug-likeness (QED) is 0.301. The lowest BCUT2D eigenvalue weighted by molar-refractivity contribution is -0.143. The summed E-state index contributed by atoms with van der Waals surface area (Å²) in [7, 11) is 0. The summed E-state index contributed by atoms with van der Waals surface area (Å²) in [5, 5.41) is 0. The first-order valence-electron chi connectivity index (χ1n) is 8.46. The van der Waals surface area contributed by atoms with Crippen LogP contribution in [-0.2, 0) is 9.53 Å². The normalized spacial score (nSPS) is 10.6. The summed E-state index contributed by atoms with van der Waals surface area (Å²) in [6.07, 6.45) is 16.1. The molecule has 0 aromatic rings. The van der Waals surface area contributed by atoms with Crippen LogP contribution in [0.25, 0.3) is 0 Å². The molecular weight excluding hydrogens is 236 g/mol. The van der Waals surface area contributed by atoms with Crippen LogP contribution in [0.2, 0.25) is 0 Å². The van der Waals surface area contributed by atoms with E-state index in [4.69, 9.17) is 4.74 Å². The Morgan fingerprint density at radius 1 is 0.684 bits per heavy atom. The minimum atomic E-state index is -0.0328. The highest BCUT2D eigenvalue weighted by atomic mass is 16.5. The van der Waals surface area contributed by atoms with Crippen molar-refractivity contribution >= 4 is 5.97 Å². The Morgan fingerprint density at radius 3 is 1.63 bits per heavy atom. The van der Waals surface area contributed by atoms with Crippen LogP contribution < -0.4 is 0 Å². The predicted octanol–water partition coefficient (Wildman–Crippen LogP) is 5.64. The van der Waals surface area contributed by atoms with Crippen molar-refractivity contribution in [2.75, 3.05) is 6.61 Å². The molecule has 0 saturated heterocycles. The molecule has 0 unspecified atom stereocenters. The Bertz CT molecular complexity index is 190. The van der Waals surface area contributed by atoms with E-state index in [0.717, 1.165) is 12.8 Å². The van der Waals surface area contributed by atoms with Crippen molar-refractivity contribution in [3.63, 3.8) is 0 Å². The number of rotatable bonds is 14. The predicted molar refractivity (Wildman–Crippen MR) is 82.3 cm³/mol. The van der Waals surface area contributed by atoms with E-state index in [1.165, 1.54) is 64.2 Å². The van der Waals surface area contributed by atoms with Gasteiger partial charge in [-0.3, -0.25) is 4.79 Å². The second-order valence-electron chi connectivity index (χ2n) is 5.51. The summed E-state index contributed by atoms with van der Waals surface area (Å²) in [5.41, 5.74) is 0. The zero-order chi connectivity index (χ0) is 14.2. The highest BCUT2D eigenvalue weighted by Crippen LogP contribution is 2.11. The number of carbonyl (C=O) groups is 1. The summed E-state index contributed by atoms with van der Waals surface area (Å²) in [6.45, 7) is 4.89. The number of hydrogen-bond donors (Lipinski definition) is 0. The summed E-state index contributed by atoms with van der Waals surface area (Å²) in [4.78, 5) is 11.1. The van der Waals surface area contributed by atoms with Crippen LogP contribution in [0.5, 0.6) is 0 Å². The van der Waals surface area contributed by atoms with Gasteiger partial charge >= 0.3 is 5.97 Å². The minimum Gasteiger partial charge on any atom is -0.466 e. The Kier molecular flexibility index (Phi) is 15.1. The third kappa shape index (κ3) is 15.4. The molecule has 2 heteroatoms. The second-order valence-corrected chi connectivity index (χ2v) is 5.51. The van der Waals surface area contributed by atoms with Gasteiger partial charge in [0.05, 0.1) is 6.61 Å². The van der Waals surface area contributed by atoms with Gasteiger partial charge in [0.1, 0.15) is 0 Å². The lowest BCUT2D eigenvalue weighted by atomic mass is 10.1. The van der Waals surface area contributed by atoms with E-state index < -0.39 is 0 Å². The molecule has 19 heavy (non-hydrogen) atoms. The number of hydrogen-bond acceptors (Lipinski definition) is 2. The largest absolute Gasteiger partial charge is 0.466 e. The first-order valence-corrected chi connectivity index (χ1v) is 8.46. The monoisotopic (exact) mass is 270 g/mol. The average Bonchev–Trinajstić information content (AvgIpc) is 2.40. The molecule has 0 aliphatic rings. The fourth-order valence-electron chi connectivity index (χ4n) is 2.23. The molecule has 0 aliphatic carbocycles. The first-order chi connectivity index (χ1) is 9.31. The lowest BCUT2D eigenvalue weighted by Gasteiger charge is -2.04. The van der Waals surface area contributed by atoms with Crippen LogP contribution in [0, 0.1) is 0 Å². The molecule has 0 saturated carbocycles. The van der Waals surface area contributed by atoms with Crippen LogP contribution in [0.4, 0.5) is 0 Å². The smallest absolute Gasteiger partial charge is 0.305 e. The summed E-state index contributed by atoms with van der Waals surface area (Å²) in [5.74, 6) is -0.0328. The Labute approximate surface area is 120 Å². The number of carbonyl (C=O) groups excluding carboxylic acids is 1. The van der Waals surface area contributed by atoms with E-state index in [1.807, 2.05) is 6.92 Å². The van der Waals surface area contributed by atoms with E-state index >= 15 is 0 Å². The third-order valence-electron chi connectivity index (χ3n) is 3.47. The molecule has 0 atom stereocenters. The molecule has 0 amide bonds. The minimum absolute atomic E-state index is 0.0328. The van der Waals surface area contributed by atoms with Gasteiger partial charge < -0.3 is 4.74 Å². The average molecular weight is 270 g/mol. The third-order valence-corrected chi connectivity index (χ3v) is 3.47. The van der Waals surface area contributed by atoms with Crippen molar-refractivity contribution in [1.29, 1.82) is 0 Å². The van der Waals surface area contributed by atoms with Crippen molar-refractivity contribution in [3.8, 4) is 0 Å². The van der Waals surface area contributed by atoms with E-state index in [9.17, 15) is 4.79 Å². The number of ether oxygens (including phenoxy) is 1. The Morgan fingerprint density at radius 2 is 1.16 bits per heavy atom. The molecule has 0 rings (SSSR count). The summed E-state index contributed by atoms with van der Waals surface area (Å²) >= 11 is 0. The van der Waals surface area contributed by atoms with Gasteiger partial charge in [-0.25, -0.2) is 0 Å². The Balaban J connectivity index is 3.01. The van der Waals surface area contributed by atoms with Gasteiger partial charge in [-0.1, -0.05) is 78.1 Å². The molecule has 0 aromatic carbocycles. The molecule has 0 spiro atoms. The van der Waals surface area contributed by atoms with E-state index in [0.29, 0.717) is 13.0 Å². The zero-order valence-electron chi connectivity index (χ0n) is 13.2. The second kappa shape index (κ2) is 15.5. The van der Waals surface area contributed by atoms with Crippen LogP contribution in [0.1, 0.15) is 97.3 Å². The lowest BCUT2D eigenvalue weighted by Crippen LogP contribution is -2.04. The molecule has 0 aromatic heterocycles. The molecule has 0 N–H and O–H groups in total. The molecule has 0 heterocycles. The van der Waals surface area contributed by atoms with Crippen molar-refractivity contribution in [2.24, 2.45) is 0 Å². The van der Waals surface area contributed by atoms with Crippen molar-refractivity contribution < 1.29 is 9.53 Å². The maximum absolute atomic E-state index is 11.1. The summed E-state index contributed by atoms with van der Waals surface area (Å²) < 4.78 is 5.13. The SMILES string of the molecule is CCCCCCCCCCCCCOC(=O)CCC. The van der Waals surface area contributed by atoms with Crippen molar-refractivity contribution in [1.82, 2.24) is 0 Å². The van der Waals surface area contributed by atoms with Crippen molar-refractivity contribution in [2.45, 2.75) is 97.3 Å². The standard InChI is InChI=1S/C17H34O2/c1-3-5-6-7-8-9-10-11-12-13-14-16-19-17(18)15-4-2/h3-16H2,1-2H3. The molecule has 0 fully saturated rings. The van der Waals surface area contributed by atoms with Gasteiger partial charge in [0.15, 0.2) is 0 Å².